The molecule has 1 aliphatic rings. The van der Waals surface area contributed by atoms with Gasteiger partial charge in [0, 0.05) is 11.0 Å². The van der Waals surface area contributed by atoms with Crippen molar-refractivity contribution in [3.8, 4) is 5.75 Å². The standard InChI is InChI=1S/C13H16BrNO4/c14-10-2-1-3-12(6-10)19-9-13(17)15-4-5-18-8-11(15)7-16/h1-3,6,11,16H,4-5,7-9H2. The first-order chi connectivity index (χ1) is 9.20. The second kappa shape index (κ2) is 6.88. The largest absolute Gasteiger partial charge is 0.484 e. The third kappa shape index (κ3) is 3.92. The number of aliphatic hydroxyl groups excluding tert-OH is 1. The van der Waals surface area contributed by atoms with Crippen molar-refractivity contribution in [1.82, 2.24) is 4.90 Å². The molecule has 1 heterocycles. The molecular formula is C13H16BrNO4. The zero-order chi connectivity index (χ0) is 13.7. The van der Waals surface area contributed by atoms with Crippen LogP contribution in [0.5, 0.6) is 5.75 Å². The summed E-state index contributed by atoms with van der Waals surface area (Å²) in [6, 6.07) is 7.05. The maximum atomic E-state index is 12.0. The van der Waals surface area contributed by atoms with Gasteiger partial charge in [0.2, 0.25) is 0 Å². The molecule has 1 N–H and O–H groups in total. The Kier molecular flexibility index (Phi) is 5.18. The van der Waals surface area contributed by atoms with Gasteiger partial charge in [-0.1, -0.05) is 22.0 Å². The Morgan fingerprint density at radius 1 is 1.58 bits per heavy atom. The molecule has 5 nitrogen and oxygen atoms in total. The number of nitrogens with zero attached hydrogens (tertiary/aromatic N) is 1. The molecule has 0 radical (unpaired) electrons. The van der Waals surface area contributed by atoms with Gasteiger partial charge in [0.25, 0.3) is 5.91 Å². The van der Waals surface area contributed by atoms with Crippen LogP contribution in [0, 0.1) is 0 Å². The summed E-state index contributed by atoms with van der Waals surface area (Å²) in [7, 11) is 0. The minimum absolute atomic E-state index is 0.0348. The molecule has 1 aliphatic heterocycles. The summed E-state index contributed by atoms with van der Waals surface area (Å²) in [5.74, 6) is 0.499. The van der Waals surface area contributed by atoms with Crippen LogP contribution < -0.4 is 4.74 Å². The first-order valence-corrected chi connectivity index (χ1v) is 6.86. The number of ether oxygens (including phenoxy) is 2. The van der Waals surface area contributed by atoms with Crippen molar-refractivity contribution in [3.63, 3.8) is 0 Å². The van der Waals surface area contributed by atoms with Crippen LogP contribution in [0.1, 0.15) is 0 Å². The van der Waals surface area contributed by atoms with Gasteiger partial charge in [0.1, 0.15) is 5.75 Å². The van der Waals surface area contributed by atoms with Crippen LogP contribution in [0.2, 0.25) is 0 Å². The van der Waals surface area contributed by atoms with Crippen LogP contribution in [-0.4, -0.2) is 54.9 Å². The second-order valence-corrected chi connectivity index (χ2v) is 5.16. The highest BCUT2D eigenvalue weighted by Crippen LogP contribution is 2.18. The Labute approximate surface area is 120 Å². The minimum atomic E-state index is -0.271. The summed E-state index contributed by atoms with van der Waals surface area (Å²) in [5, 5.41) is 9.21. The summed E-state index contributed by atoms with van der Waals surface area (Å²) in [6.07, 6.45) is 0. The van der Waals surface area contributed by atoms with Crippen molar-refractivity contribution in [3.05, 3.63) is 28.7 Å². The van der Waals surface area contributed by atoms with E-state index < -0.39 is 0 Å². The predicted octanol–water partition coefficient (Wildman–Crippen LogP) is 1.05. The highest BCUT2D eigenvalue weighted by atomic mass is 79.9. The SMILES string of the molecule is O=C(COc1cccc(Br)c1)N1CCOCC1CO. The smallest absolute Gasteiger partial charge is 0.260 e. The summed E-state index contributed by atoms with van der Waals surface area (Å²) in [4.78, 5) is 13.7. The molecule has 1 aromatic rings. The van der Waals surface area contributed by atoms with Gasteiger partial charge >= 0.3 is 0 Å². The van der Waals surface area contributed by atoms with E-state index in [1.165, 1.54) is 0 Å². The molecule has 1 atom stereocenters. The zero-order valence-corrected chi connectivity index (χ0v) is 12.0. The molecule has 0 saturated carbocycles. The lowest BCUT2D eigenvalue weighted by Crippen LogP contribution is -2.51. The molecule has 2 rings (SSSR count). The van der Waals surface area contributed by atoms with E-state index in [1.54, 1.807) is 17.0 Å². The maximum Gasteiger partial charge on any atom is 0.260 e. The number of benzene rings is 1. The zero-order valence-electron chi connectivity index (χ0n) is 10.4. The number of aliphatic hydroxyl groups is 1. The average molecular weight is 330 g/mol. The Balaban J connectivity index is 1.89. The van der Waals surface area contributed by atoms with Gasteiger partial charge in [-0.3, -0.25) is 4.79 Å². The molecule has 0 bridgehead atoms. The van der Waals surface area contributed by atoms with Crippen LogP contribution >= 0.6 is 15.9 Å². The molecule has 1 amide bonds. The highest BCUT2D eigenvalue weighted by Gasteiger charge is 2.26. The van der Waals surface area contributed by atoms with E-state index in [2.05, 4.69) is 15.9 Å². The fourth-order valence-electron chi connectivity index (χ4n) is 1.92. The first-order valence-electron chi connectivity index (χ1n) is 6.07. The quantitative estimate of drug-likeness (QED) is 0.897. The van der Waals surface area contributed by atoms with Crippen molar-refractivity contribution in [2.75, 3.05) is 33.0 Å². The summed E-state index contributed by atoms with van der Waals surface area (Å²) in [6.45, 7) is 1.24. The van der Waals surface area contributed by atoms with Gasteiger partial charge in [-0.15, -0.1) is 0 Å². The van der Waals surface area contributed by atoms with E-state index in [-0.39, 0.29) is 25.2 Å². The summed E-state index contributed by atoms with van der Waals surface area (Å²) in [5.41, 5.74) is 0. The molecule has 19 heavy (non-hydrogen) atoms. The van der Waals surface area contributed by atoms with Crippen molar-refractivity contribution in [2.45, 2.75) is 6.04 Å². The third-order valence-electron chi connectivity index (χ3n) is 2.92. The van der Waals surface area contributed by atoms with Crippen LogP contribution in [0.3, 0.4) is 0 Å². The minimum Gasteiger partial charge on any atom is -0.484 e. The van der Waals surface area contributed by atoms with Crippen LogP contribution in [0.15, 0.2) is 28.7 Å². The molecule has 1 unspecified atom stereocenters. The van der Waals surface area contributed by atoms with Crippen molar-refractivity contribution in [2.24, 2.45) is 0 Å². The van der Waals surface area contributed by atoms with Crippen LogP contribution in [0.25, 0.3) is 0 Å². The van der Waals surface area contributed by atoms with E-state index >= 15 is 0 Å². The fourth-order valence-corrected chi connectivity index (χ4v) is 2.30. The molecule has 0 aromatic heterocycles. The van der Waals surface area contributed by atoms with E-state index in [0.29, 0.717) is 25.5 Å². The number of carbonyl (C=O) groups excluding carboxylic acids is 1. The predicted molar refractivity (Wildman–Crippen MR) is 73.0 cm³/mol. The average Bonchev–Trinajstić information content (AvgIpc) is 2.45. The topological polar surface area (TPSA) is 59.0 Å². The van der Waals surface area contributed by atoms with E-state index in [4.69, 9.17) is 9.47 Å². The van der Waals surface area contributed by atoms with E-state index in [9.17, 15) is 9.90 Å². The Hall–Kier alpha value is -1.11. The summed E-state index contributed by atoms with van der Waals surface area (Å²) < 4.78 is 11.6. The highest BCUT2D eigenvalue weighted by molar-refractivity contribution is 9.10. The van der Waals surface area contributed by atoms with E-state index in [0.717, 1.165) is 4.47 Å². The van der Waals surface area contributed by atoms with Crippen LogP contribution in [0.4, 0.5) is 0 Å². The van der Waals surface area contributed by atoms with Crippen LogP contribution in [-0.2, 0) is 9.53 Å². The number of hydrogen-bond donors (Lipinski definition) is 1. The number of halogens is 1. The van der Waals surface area contributed by atoms with E-state index in [1.807, 2.05) is 12.1 Å². The molecule has 104 valence electrons. The van der Waals surface area contributed by atoms with Gasteiger partial charge in [-0.25, -0.2) is 0 Å². The van der Waals surface area contributed by atoms with Gasteiger partial charge in [-0.05, 0) is 18.2 Å². The molecule has 1 saturated heterocycles. The number of hydrogen-bond acceptors (Lipinski definition) is 4. The fraction of sp³-hybridized carbons (Fsp3) is 0.462. The second-order valence-electron chi connectivity index (χ2n) is 4.24. The molecule has 1 fully saturated rings. The van der Waals surface area contributed by atoms with Gasteiger partial charge in [-0.2, -0.15) is 0 Å². The molecule has 6 heteroatoms. The molecule has 0 spiro atoms. The first kappa shape index (κ1) is 14.3. The molecule has 0 aliphatic carbocycles. The molecular weight excluding hydrogens is 314 g/mol. The number of carbonyl (C=O) groups is 1. The van der Waals surface area contributed by atoms with Gasteiger partial charge < -0.3 is 19.5 Å². The Morgan fingerprint density at radius 3 is 3.16 bits per heavy atom. The number of amides is 1. The van der Waals surface area contributed by atoms with Crippen molar-refractivity contribution < 1.29 is 19.4 Å². The number of morpholine rings is 1. The monoisotopic (exact) mass is 329 g/mol. The summed E-state index contributed by atoms with van der Waals surface area (Å²) >= 11 is 3.34. The van der Waals surface area contributed by atoms with Gasteiger partial charge in [0.05, 0.1) is 25.9 Å². The lowest BCUT2D eigenvalue weighted by Gasteiger charge is -2.34. The maximum absolute atomic E-state index is 12.0. The Bertz CT molecular complexity index is 440. The lowest BCUT2D eigenvalue weighted by atomic mass is 10.2. The normalized spacial score (nSPS) is 19.3. The third-order valence-corrected chi connectivity index (χ3v) is 3.41. The van der Waals surface area contributed by atoms with Crippen molar-refractivity contribution >= 4 is 21.8 Å². The van der Waals surface area contributed by atoms with Crippen molar-refractivity contribution in [1.29, 1.82) is 0 Å². The Morgan fingerprint density at radius 2 is 2.42 bits per heavy atom. The lowest BCUT2D eigenvalue weighted by molar-refractivity contribution is -0.143. The molecule has 1 aromatic carbocycles. The number of rotatable bonds is 4. The van der Waals surface area contributed by atoms with Gasteiger partial charge in [0.15, 0.2) is 6.61 Å².